The average Bonchev–Trinajstić information content (AvgIpc) is 3.31. The van der Waals surface area contributed by atoms with Crippen LogP contribution < -0.4 is 10.2 Å². The Bertz CT molecular complexity index is 625. The van der Waals surface area contributed by atoms with Crippen LogP contribution in [0.5, 0.6) is 0 Å². The Hall–Kier alpha value is -2.17. The Balaban J connectivity index is 2.00. The maximum absolute atomic E-state index is 13.9. The van der Waals surface area contributed by atoms with Gasteiger partial charge in [0.1, 0.15) is 23.3 Å². The Morgan fingerprint density at radius 3 is 2.65 bits per heavy atom. The number of nitrogens with zero attached hydrogens (tertiary/aromatic N) is 3. The van der Waals surface area contributed by atoms with Gasteiger partial charge in [0.2, 0.25) is 0 Å². The predicted octanol–water partition coefficient (Wildman–Crippen LogP) is 3.30. The molecule has 0 aliphatic heterocycles. The maximum Gasteiger partial charge on any atom is 0.146 e. The van der Waals surface area contributed by atoms with E-state index in [4.69, 9.17) is 0 Å². The van der Waals surface area contributed by atoms with Gasteiger partial charge in [0.25, 0.3) is 0 Å². The number of anilines is 3. The van der Waals surface area contributed by atoms with Gasteiger partial charge in [-0.25, -0.2) is 14.4 Å². The highest BCUT2D eigenvalue weighted by Crippen LogP contribution is 2.39. The molecule has 1 aliphatic carbocycles. The maximum atomic E-state index is 13.9. The van der Waals surface area contributed by atoms with Crippen LogP contribution in [0.15, 0.2) is 30.3 Å². The number of rotatable bonds is 4. The first kappa shape index (κ1) is 12.8. The van der Waals surface area contributed by atoms with E-state index in [1.165, 1.54) is 6.07 Å². The van der Waals surface area contributed by atoms with Crippen molar-refractivity contribution < 1.29 is 4.39 Å². The molecule has 1 heterocycles. The van der Waals surface area contributed by atoms with E-state index in [2.05, 4.69) is 15.3 Å². The Kier molecular flexibility index (Phi) is 3.26. The van der Waals surface area contributed by atoms with Crippen LogP contribution in [0.2, 0.25) is 0 Å². The van der Waals surface area contributed by atoms with E-state index in [1.54, 1.807) is 17.0 Å². The van der Waals surface area contributed by atoms with Gasteiger partial charge < -0.3 is 10.2 Å². The Morgan fingerprint density at radius 1 is 1.25 bits per heavy atom. The van der Waals surface area contributed by atoms with Crippen LogP contribution in [-0.4, -0.2) is 24.1 Å². The summed E-state index contributed by atoms with van der Waals surface area (Å²) in [6.45, 7) is 0. The topological polar surface area (TPSA) is 41.0 Å². The zero-order valence-electron chi connectivity index (χ0n) is 11.6. The molecule has 5 heteroatoms. The molecule has 1 aromatic carbocycles. The first-order valence-corrected chi connectivity index (χ1v) is 6.74. The van der Waals surface area contributed by atoms with Crippen LogP contribution in [0, 0.1) is 5.82 Å². The van der Waals surface area contributed by atoms with Crippen molar-refractivity contribution in [3.63, 3.8) is 0 Å². The molecule has 1 aromatic heterocycles. The molecule has 1 saturated carbocycles. The van der Waals surface area contributed by atoms with Crippen molar-refractivity contribution in [3.8, 4) is 0 Å². The highest BCUT2D eigenvalue weighted by atomic mass is 19.1. The van der Waals surface area contributed by atoms with Gasteiger partial charge in [-0.05, 0) is 25.0 Å². The van der Waals surface area contributed by atoms with Crippen molar-refractivity contribution in [1.29, 1.82) is 0 Å². The quantitative estimate of drug-likeness (QED) is 0.927. The summed E-state index contributed by atoms with van der Waals surface area (Å²) in [5.41, 5.74) is 0.509. The summed E-state index contributed by atoms with van der Waals surface area (Å²) < 4.78 is 13.9. The molecular formula is C15H17FN4. The number of nitrogens with one attached hydrogen (secondary N) is 1. The summed E-state index contributed by atoms with van der Waals surface area (Å²) in [6, 6.07) is 8.53. The Morgan fingerprint density at radius 2 is 2.00 bits per heavy atom. The first-order chi connectivity index (χ1) is 9.69. The fourth-order valence-electron chi connectivity index (χ4n) is 2.12. The van der Waals surface area contributed by atoms with Gasteiger partial charge in [0, 0.05) is 26.1 Å². The summed E-state index contributed by atoms with van der Waals surface area (Å²) in [5.74, 6) is 2.51. The molecule has 1 aliphatic rings. The highest BCUT2D eigenvalue weighted by Gasteiger charge is 2.28. The second kappa shape index (κ2) is 5.07. The molecule has 4 nitrogen and oxygen atoms in total. The van der Waals surface area contributed by atoms with Gasteiger partial charge in [-0.3, -0.25) is 0 Å². The van der Waals surface area contributed by atoms with Crippen LogP contribution in [0.3, 0.4) is 0 Å². The van der Waals surface area contributed by atoms with Gasteiger partial charge in [-0.15, -0.1) is 0 Å². The van der Waals surface area contributed by atoms with Gasteiger partial charge in [-0.2, -0.15) is 0 Å². The number of halogens is 1. The molecule has 0 saturated heterocycles. The third kappa shape index (κ3) is 2.43. The number of hydrogen-bond acceptors (Lipinski definition) is 4. The van der Waals surface area contributed by atoms with Crippen LogP contribution in [0.1, 0.15) is 24.6 Å². The summed E-state index contributed by atoms with van der Waals surface area (Å²) >= 11 is 0. The number of hydrogen-bond donors (Lipinski definition) is 1. The minimum Gasteiger partial charge on any atom is -0.373 e. The van der Waals surface area contributed by atoms with E-state index in [9.17, 15) is 4.39 Å². The Labute approximate surface area is 117 Å². The number of para-hydroxylation sites is 1. The van der Waals surface area contributed by atoms with E-state index in [-0.39, 0.29) is 5.82 Å². The lowest BCUT2D eigenvalue weighted by molar-refractivity contribution is 0.627. The molecule has 3 rings (SSSR count). The van der Waals surface area contributed by atoms with E-state index >= 15 is 0 Å². The summed E-state index contributed by atoms with van der Waals surface area (Å²) in [6.07, 6.45) is 2.27. The molecule has 0 radical (unpaired) electrons. The lowest BCUT2D eigenvalue weighted by atomic mass is 10.2. The van der Waals surface area contributed by atoms with Crippen molar-refractivity contribution in [1.82, 2.24) is 9.97 Å². The second-order valence-corrected chi connectivity index (χ2v) is 5.00. The molecule has 20 heavy (non-hydrogen) atoms. The smallest absolute Gasteiger partial charge is 0.146 e. The molecule has 1 N–H and O–H groups in total. The minimum absolute atomic E-state index is 0.257. The van der Waals surface area contributed by atoms with Crippen molar-refractivity contribution in [3.05, 3.63) is 42.0 Å². The molecule has 0 atom stereocenters. The molecule has 104 valence electrons. The van der Waals surface area contributed by atoms with E-state index in [1.807, 2.05) is 26.2 Å². The molecule has 2 aromatic rings. The first-order valence-electron chi connectivity index (χ1n) is 6.74. The van der Waals surface area contributed by atoms with Crippen LogP contribution in [-0.2, 0) is 0 Å². The lowest BCUT2D eigenvalue weighted by Crippen LogP contribution is -2.14. The molecule has 0 unspecified atom stereocenters. The average molecular weight is 272 g/mol. The van der Waals surface area contributed by atoms with E-state index < -0.39 is 0 Å². The second-order valence-electron chi connectivity index (χ2n) is 5.00. The monoisotopic (exact) mass is 272 g/mol. The third-order valence-electron chi connectivity index (χ3n) is 3.49. The zero-order valence-corrected chi connectivity index (χ0v) is 11.6. The fourth-order valence-corrected chi connectivity index (χ4v) is 2.12. The largest absolute Gasteiger partial charge is 0.373 e. The molecular weight excluding hydrogens is 255 g/mol. The number of benzene rings is 1. The van der Waals surface area contributed by atoms with Crippen LogP contribution >= 0.6 is 0 Å². The summed E-state index contributed by atoms with van der Waals surface area (Å²) in [5, 5.41) is 3.04. The van der Waals surface area contributed by atoms with Crippen LogP contribution in [0.4, 0.5) is 21.7 Å². The van der Waals surface area contributed by atoms with Crippen molar-refractivity contribution in [2.45, 2.75) is 18.8 Å². The summed E-state index contributed by atoms with van der Waals surface area (Å²) in [4.78, 5) is 10.8. The van der Waals surface area contributed by atoms with Crippen molar-refractivity contribution in [2.75, 3.05) is 24.3 Å². The molecule has 1 fully saturated rings. The van der Waals surface area contributed by atoms with Gasteiger partial charge >= 0.3 is 0 Å². The third-order valence-corrected chi connectivity index (χ3v) is 3.49. The standard InChI is InChI=1S/C15H17FN4/c1-17-13-9-14(19-15(18-13)10-7-8-10)20(2)12-6-4-3-5-11(12)16/h3-6,9-10H,7-8H2,1-2H3,(H,17,18,19). The summed E-state index contributed by atoms with van der Waals surface area (Å²) in [7, 11) is 3.64. The fraction of sp³-hybridized carbons (Fsp3) is 0.333. The van der Waals surface area contributed by atoms with E-state index in [0.29, 0.717) is 17.4 Å². The van der Waals surface area contributed by atoms with Gasteiger partial charge in [0.05, 0.1) is 5.69 Å². The van der Waals surface area contributed by atoms with Gasteiger partial charge in [0.15, 0.2) is 0 Å². The van der Waals surface area contributed by atoms with Gasteiger partial charge in [-0.1, -0.05) is 12.1 Å². The van der Waals surface area contributed by atoms with Crippen LogP contribution in [0.25, 0.3) is 0 Å². The minimum atomic E-state index is -0.257. The zero-order chi connectivity index (χ0) is 14.1. The SMILES string of the molecule is CNc1cc(N(C)c2ccccc2F)nc(C2CC2)n1. The lowest BCUT2D eigenvalue weighted by Gasteiger charge is -2.20. The molecule has 0 spiro atoms. The van der Waals surface area contributed by atoms with Crippen molar-refractivity contribution >= 4 is 17.3 Å². The molecule has 0 bridgehead atoms. The normalized spacial score (nSPS) is 14.2. The highest BCUT2D eigenvalue weighted by molar-refractivity contribution is 5.62. The predicted molar refractivity (Wildman–Crippen MR) is 78.0 cm³/mol. The molecule has 0 amide bonds. The van der Waals surface area contributed by atoms with E-state index in [0.717, 1.165) is 24.5 Å². The number of aromatic nitrogens is 2. The van der Waals surface area contributed by atoms with Crippen molar-refractivity contribution in [2.24, 2.45) is 0 Å².